The summed E-state index contributed by atoms with van der Waals surface area (Å²) in [4.78, 5) is 28.0. The molecule has 1 unspecified atom stereocenters. The molecule has 110 valence electrons. The molecule has 0 saturated carbocycles. The van der Waals surface area contributed by atoms with Crippen LogP contribution in [0.4, 0.5) is 5.82 Å². The molecule has 0 radical (unpaired) electrons. The summed E-state index contributed by atoms with van der Waals surface area (Å²) in [5.41, 5.74) is 4.20. The van der Waals surface area contributed by atoms with Crippen LogP contribution in [0.5, 0.6) is 0 Å². The summed E-state index contributed by atoms with van der Waals surface area (Å²) in [5, 5.41) is 11.6. The average molecular weight is 308 g/mol. The lowest BCUT2D eigenvalue weighted by atomic mass is 9.81. The molecule has 0 aliphatic carbocycles. The van der Waals surface area contributed by atoms with E-state index in [-0.39, 0.29) is 16.9 Å². The normalized spacial score (nSPS) is 21.1. The number of carbonyl (C=O) groups excluding carboxylic acids is 2. The molecule has 21 heavy (non-hydrogen) atoms. The van der Waals surface area contributed by atoms with Crippen molar-refractivity contribution >= 4 is 29.2 Å². The van der Waals surface area contributed by atoms with Crippen molar-refractivity contribution in [3.8, 4) is 6.07 Å². The van der Waals surface area contributed by atoms with Crippen LogP contribution in [-0.4, -0.2) is 23.3 Å². The van der Waals surface area contributed by atoms with Gasteiger partial charge in [0.15, 0.2) is 0 Å². The highest BCUT2D eigenvalue weighted by Gasteiger charge is 2.42. The molecule has 1 aromatic rings. The van der Waals surface area contributed by atoms with Crippen LogP contribution in [-0.2, 0) is 9.59 Å². The molecule has 1 atom stereocenters. The Hall–Kier alpha value is -2.33. The third-order valence-electron chi connectivity index (χ3n) is 3.37. The van der Waals surface area contributed by atoms with Crippen molar-refractivity contribution in [3.63, 3.8) is 0 Å². The standard InChI is InChI=1S/C13H14ClN5O2/c1-13(3-2-4-16-11(13)20)12(21)19-18-10-6-8(7-15)5-9(14)17-10/h5-6H,2-4H2,1H3,(H,16,20)(H,17,18)(H,19,21). The minimum Gasteiger partial charge on any atom is -0.355 e. The molecular weight excluding hydrogens is 294 g/mol. The van der Waals surface area contributed by atoms with Crippen molar-refractivity contribution in [2.75, 3.05) is 12.0 Å². The van der Waals surface area contributed by atoms with Gasteiger partial charge in [0.05, 0.1) is 11.6 Å². The van der Waals surface area contributed by atoms with Crippen molar-refractivity contribution in [3.05, 3.63) is 22.8 Å². The van der Waals surface area contributed by atoms with Gasteiger partial charge in [-0.05, 0) is 25.8 Å². The molecule has 8 heteroatoms. The molecular formula is C13H14ClN5O2. The van der Waals surface area contributed by atoms with Crippen LogP contribution >= 0.6 is 11.6 Å². The lowest BCUT2D eigenvalue weighted by Crippen LogP contribution is -2.54. The van der Waals surface area contributed by atoms with E-state index in [9.17, 15) is 9.59 Å². The summed E-state index contributed by atoms with van der Waals surface area (Å²) in [6.45, 7) is 2.17. The molecule has 3 N–H and O–H groups in total. The summed E-state index contributed by atoms with van der Waals surface area (Å²) < 4.78 is 0. The Morgan fingerprint density at radius 3 is 3.00 bits per heavy atom. The maximum Gasteiger partial charge on any atom is 0.253 e. The number of pyridine rings is 1. The van der Waals surface area contributed by atoms with E-state index in [1.807, 2.05) is 6.07 Å². The summed E-state index contributed by atoms with van der Waals surface area (Å²) >= 11 is 5.76. The number of rotatable bonds is 3. The zero-order valence-corrected chi connectivity index (χ0v) is 12.1. The number of hydrazine groups is 1. The lowest BCUT2D eigenvalue weighted by Gasteiger charge is -2.31. The maximum absolute atomic E-state index is 12.2. The fourth-order valence-electron chi connectivity index (χ4n) is 2.05. The smallest absolute Gasteiger partial charge is 0.253 e. The molecule has 0 aromatic carbocycles. The van der Waals surface area contributed by atoms with Gasteiger partial charge in [0, 0.05) is 12.6 Å². The van der Waals surface area contributed by atoms with Crippen LogP contribution in [0.2, 0.25) is 5.15 Å². The highest BCUT2D eigenvalue weighted by atomic mass is 35.5. The topological polar surface area (TPSA) is 107 Å². The number of nitrogens with one attached hydrogen (secondary N) is 3. The average Bonchev–Trinajstić information content (AvgIpc) is 2.47. The van der Waals surface area contributed by atoms with Crippen LogP contribution in [0, 0.1) is 16.7 Å². The summed E-state index contributed by atoms with van der Waals surface area (Å²) in [6.07, 6.45) is 1.21. The second-order valence-electron chi connectivity index (χ2n) is 4.95. The predicted octanol–water partition coefficient (Wildman–Crippen LogP) is 0.966. The first kappa shape index (κ1) is 15.1. The SMILES string of the molecule is CC1(C(=O)NNc2cc(C#N)cc(Cl)n2)CCCNC1=O. The minimum absolute atomic E-state index is 0.132. The highest BCUT2D eigenvalue weighted by molar-refractivity contribution is 6.29. The van der Waals surface area contributed by atoms with Crippen molar-refractivity contribution in [2.45, 2.75) is 19.8 Å². The first-order chi connectivity index (χ1) is 9.95. The van der Waals surface area contributed by atoms with Crippen molar-refractivity contribution in [1.29, 1.82) is 5.26 Å². The number of piperidine rings is 1. The van der Waals surface area contributed by atoms with E-state index >= 15 is 0 Å². The van der Waals surface area contributed by atoms with Crippen molar-refractivity contribution < 1.29 is 9.59 Å². The quantitative estimate of drug-likeness (QED) is 0.438. The molecule has 1 aromatic heterocycles. The number of hydrogen-bond acceptors (Lipinski definition) is 5. The van der Waals surface area contributed by atoms with Gasteiger partial charge in [-0.15, -0.1) is 0 Å². The Morgan fingerprint density at radius 2 is 2.33 bits per heavy atom. The Labute approximate surface area is 126 Å². The minimum atomic E-state index is -1.12. The second kappa shape index (κ2) is 5.97. The van der Waals surface area contributed by atoms with Crippen LogP contribution < -0.4 is 16.2 Å². The lowest BCUT2D eigenvalue weighted by molar-refractivity contribution is -0.144. The van der Waals surface area contributed by atoms with Crippen LogP contribution in [0.1, 0.15) is 25.3 Å². The van der Waals surface area contributed by atoms with Crippen molar-refractivity contribution in [1.82, 2.24) is 15.7 Å². The molecule has 1 fully saturated rings. The van der Waals surface area contributed by atoms with E-state index in [4.69, 9.17) is 16.9 Å². The molecule has 1 aliphatic rings. The number of carbonyl (C=O) groups is 2. The van der Waals surface area contributed by atoms with Gasteiger partial charge in [-0.3, -0.25) is 20.4 Å². The number of aromatic nitrogens is 1. The van der Waals surface area contributed by atoms with Gasteiger partial charge in [-0.1, -0.05) is 11.6 Å². The third-order valence-corrected chi connectivity index (χ3v) is 3.56. The number of nitrogens with zero attached hydrogens (tertiary/aromatic N) is 2. The number of anilines is 1. The van der Waals surface area contributed by atoms with Gasteiger partial charge in [0.25, 0.3) is 5.91 Å². The highest BCUT2D eigenvalue weighted by Crippen LogP contribution is 2.26. The van der Waals surface area contributed by atoms with E-state index in [1.165, 1.54) is 12.1 Å². The fourth-order valence-corrected chi connectivity index (χ4v) is 2.26. The molecule has 2 rings (SSSR count). The summed E-state index contributed by atoms with van der Waals surface area (Å²) in [7, 11) is 0. The molecule has 0 bridgehead atoms. The number of hydrogen-bond donors (Lipinski definition) is 3. The Balaban J connectivity index is 2.06. The molecule has 0 spiro atoms. The van der Waals surface area contributed by atoms with E-state index < -0.39 is 11.3 Å². The first-order valence-electron chi connectivity index (χ1n) is 6.38. The van der Waals surface area contributed by atoms with E-state index in [2.05, 4.69) is 21.2 Å². The number of halogens is 1. The monoisotopic (exact) mass is 307 g/mol. The Morgan fingerprint density at radius 1 is 1.57 bits per heavy atom. The van der Waals surface area contributed by atoms with Gasteiger partial charge >= 0.3 is 0 Å². The van der Waals surface area contributed by atoms with Crippen LogP contribution in [0.15, 0.2) is 12.1 Å². The summed E-state index contributed by atoms with van der Waals surface area (Å²) in [5.74, 6) is -0.531. The van der Waals surface area contributed by atoms with E-state index in [0.29, 0.717) is 18.5 Å². The fraction of sp³-hybridized carbons (Fsp3) is 0.385. The maximum atomic E-state index is 12.2. The first-order valence-corrected chi connectivity index (χ1v) is 6.76. The molecule has 7 nitrogen and oxygen atoms in total. The molecule has 2 amide bonds. The molecule has 1 saturated heterocycles. The second-order valence-corrected chi connectivity index (χ2v) is 5.33. The van der Waals surface area contributed by atoms with Gasteiger partial charge in [0.2, 0.25) is 5.91 Å². The van der Waals surface area contributed by atoms with Gasteiger partial charge in [0.1, 0.15) is 16.4 Å². The number of amides is 2. The zero-order chi connectivity index (χ0) is 15.5. The van der Waals surface area contributed by atoms with Gasteiger partial charge in [-0.25, -0.2) is 4.98 Å². The Kier molecular flexibility index (Phi) is 4.29. The number of nitriles is 1. The van der Waals surface area contributed by atoms with Gasteiger partial charge < -0.3 is 5.32 Å². The van der Waals surface area contributed by atoms with Gasteiger partial charge in [-0.2, -0.15) is 5.26 Å². The zero-order valence-electron chi connectivity index (χ0n) is 11.4. The van der Waals surface area contributed by atoms with Crippen LogP contribution in [0.25, 0.3) is 0 Å². The van der Waals surface area contributed by atoms with E-state index in [1.54, 1.807) is 6.92 Å². The predicted molar refractivity (Wildman–Crippen MR) is 76.1 cm³/mol. The Bertz CT molecular complexity index is 627. The molecule has 2 heterocycles. The third kappa shape index (κ3) is 3.23. The van der Waals surface area contributed by atoms with Crippen LogP contribution in [0.3, 0.4) is 0 Å². The summed E-state index contributed by atoms with van der Waals surface area (Å²) in [6, 6.07) is 4.78. The van der Waals surface area contributed by atoms with Crippen molar-refractivity contribution in [2.24, 2.45) is 5.41 Å². The van der Waals surface area contributed by atoms with E-state index in [0.717, 1.165) is 6.42 Å². The molecule has 1 aliphatic heterocycles. The largest absolute Gasteiger partial charge is 0.355 e.